The van der Waals surface area contributed by atoms with E-state index in [9.17, 15) is 9.90 Å². The van der Waals surface area contributed by atoms with Crippen molar-refractivity contribution >= 4 is 17.7 Å². The second-order valence-electron chi connectivity index (χ2n) is 4.27. The van der Waals surface area contributed by atoms with Crippen LogP contribution in [-0.2, 0) is 4.79 Å². The minimum atomic E-state index is -0.908. The van der Waals surface area contributed by atoms with Gasteiger partial charge in [0.05, 0.1) is 5.92 Å². The SMILES string of the molecule is NCC(C(=O)O)c1ccccc1OC1CCSC1. The molecule has 1 aromatic rings. The molecule has 0 bridgehead atoms. The number of carboxylic acid groups (broad SMARTS) is 1. The van der Waals surface area contributed by atoms with Gasteiger partial charge in [-0.15, -0.1) is 0 Å². The van der Waals surface area contributed by atoms with Crippen molar-refractivity contribution in [2.75, 3.05) is 18.1 Å². The lowest BCUT2D eigenvalue weighted by Crippen LogP contribution is -2.23. The van der Waals surface area contributed by atoms with Crippen molar-refractivity contribution in [3.63, 3.8) is 0 Å². The van der Waals surface area contributed by atoms with Crippen molar-refractivity contribution in [2.24, 2.45) is 5.73 Å². The molecule has 4 nitrogen and oxygen atoms in total. The van der Waals surface area contributed by atoms with Gasteiger partial charge in [-0.25, -0.2) is 0 Å². The summed E-state index contributed by atoms with van der Waals surface area (Å²) in [5.74, 6) is 1.12. The number of carboxylic acids is 1. The first-order valence-electron chi connectivity index (χ1n) is 5.98. The zero-order valence-electron chi connectivity index (χ0n) is 10.0. The third-order valence-corrected chi connectivity index (χ3v) is 4.14. The molecule has 1 saturated heterocycles. The van der Waals surface area contributed by atoms with Crippen LogP contribution in [0.2, 0.25) is 0 Å². The van der Waals surface area contributed by atoms with Crippen molar-refractivity contribution in [2.45, 2.75) is 18.4 Å². The van der Waals surface area contributed by atoms with E-state index in [2.05, 4.69) is 0 Å². The van der Waals surface area contributed by atoms with Crippen LogP contribution in [0.5, 0.6) is 5.75 Å². The average molecular weight is 267 g/mol. The Kier molecular flexibility index (Phi) is 4.49. The zero-order valence-corrected chi connectivity index (χ0v) is 10.9. The van der Waals surface area contributed by atoms with Gasteiger partial charge in [-0.3, -0.25) is 4.79 Å². The molecule has 2 atom stereocenters. The third-order valence-electron chi connectivity index (χ3n) is 3.01. The average Bonchev–Trinajstić information content (AvgIpc) is 2.84. The highest BCUT2D eigenvalue weighted by Crippen LogP contribution is 2.30. The Hall–Kier alpha value is -1.20. The highest BCUT2D eigenvalue weighted by molar-refractivity contribution is 7.99. The van der Waals surface area contributed by atoms with Gasteiger partial charge in [0.1, 0.15) is 11.9 Å². The minimum Gasteiger partial charge on any atom is -0.489 e. The number of thioether (sulfide) groups is 1. The molecule has 0 amide bonds. The second-order valence-corrected chi connectivity index (χ2v) is 5.42. The van der Waals surface area contributed by atoms with Gasteiger partial charge in [0.2, 0.25) is 0 Å². The number of hydrogen-bond acceptors (Lipinski definition) is 4. The zero-order chi connectivity index (χ0) is 13.0. The number of ether oxygens (including phenoxy) is 1. The number of hydrogen-bond donors (Lipinski definition) is 2. The molecule has 0 aliphatic carbocycles. The summed E-state index contributed by atoms with van der Waals surface area (Å²) < 4.78 is 5.90. The van der Waals surface area contributed by atoms with Gasteiger partial charge < -0.3 is 15.6 Å². The van der Waals surface area contributed by atoms with E-state index in [0.29, 0.717) is 11.3 Å². The van der Waals surface area contributed by atoms with E-state index in [0.717, 1.165) is 17.9 Å². The van der Waals surface area contributed by atoms with Crippen LogP contribution < -0.4 is 10.5 Å². The Morgan fingerprint density at radius 2 is 2.33 bits per heavy atom. The number of para-hydroxylation sites is 1. The van der Waals surface area contributed by atoms with E-state index in [1.54, 1.807) is 6.07 Å². The van der Waals surface area contributed by atoms with E-state index >= 15 is 0 Å². The number of aliphatic carboxylic acids is 1. The third kappa shape index (κ3) is 2.97. The molecule has 0 saturated carbocycles. The monoisotopic (exact) mass is 267 g/mol. The van der Waals surface area contributed by atoms with Crippen LogP contribution in [-0.4, -0.2) is 35.2 Å². The summed E-state index contributed by atoms with van der Waals surface area (Å²) in [6, 6.07) is 7.28. The Morgan fingerprint density at radius 3 is 2.94 bits per heavy atom. The van der Waals surface area contributed by atoms with Crippen molar-refractivity contribution in [1.29, 1.82) is 0 Å². The maximum Gasteiger partial charge on any atom is 0.312 e. The molecule has 0 radical (unpaired) electrons. The van der Waals surface area contributed by atoms with Gasteiger partial charge in [0, 0.05) is 17.9 Å². The van der Waals surface area contributed by atoms with E-state index in [4.69, 9.17) is 10.5 Å². The number of nitrogens with two attached hydrogens (primary N) is 1. The van der Waals surface area contributed by atoms with Gasteiger partial charge in [-0.05, 0) is 18.2 Å². The number of carbonyl (C=O) groups is 1. The Bertz CT molecular complexity index is 418. The van der Waals surface area contributed by atoms with Crippen molar-refractivity contribution in [1.82, 2.24) is 0 Å². The fourth-order valence-corrected chi connectivity index (χ4v) is 3.12. The predicted molar refractivity (Wildman–Crippen MR) is 72.2 cm³/mol. The van der Waals surface area contributed by atoms with E-state index in [1.807, 2.05) is 30.0 Å². The molecule has 1 aliphatic heterocycles. The summed E-state index contributed by atoms with van der Waals surface area (Å²) in [5.41, 5.74) is 6.21. The van der Waals surface area contributed by atoms with Gasteiger partial charge in [-0.1, -0.05) is 18.2 Å². The quantitative estimate of drug-likeness (QED) is 0.849. The largest absolute Gasteiger partial charge is 0.489 e. The van der Waals surface area contributed by atoms with Gasteiger partial charge in [0.25, 0.3) is 0 Å². The Balaban J connectivity index is 2.20. The molecule has 0 spiro atoms. The highest BCUT2D eigenvalue weighted by atomic mass is 32.2. The fourth-order valence-electron chi connectivity index (χ4n) is 2.02. The smallest absolute Gasteiger partial charge is 0.312 e. The highest BCUT2D eigenvalue weighted by Gasteiger charge is 2.24. The summed E-state index contributed by atoms with van der Waals surface area (Å²) in [6.45, 7) is 0.0785. The molecule has 1 aliphatic rings. The van der Waals surface area contributed by atoms with Gasteiger partial charge >= 0.3 is 5.97 Å². The lowest BCUT2D eigenvalue weighted by Gasteiger charge is -2.19. The summed E-state index contributed by atoms with van der Waals surface area (Å²) in [7, 11) is 0. The molecular formula is C13H17NO3S. The molecule has 0 aromatic heterocycles. The predicted octanol–water partition coefficient (Wildman–Crippen LogP) is 1.70. The lowest BCUT2D eigenvalue weighted by molar-refractivity contribution is -0.138. The van der Waals surface area contributed by atoms with Crippen LogP contribution in [0, 0.1) is 0 Å². The lowest BCUT2D eigenvalue weighted by atomic mass is 9.98. The van der Waals surface area contributed by atoms with Crippen LogP contribution in [0.1, 0.15) is 17.9 Å². The van der Waals surface area contributed by atoms with Crippen LogP contribution in [0.4, 0.5) is 0 Å². The first kappa shape index (κ1) is 13.2. The van der Waals surface area contributed by atoms with Crippen molar-refractivity contribution in [3.05, 3.63) is 29.8 Å². The van der Waals surface area contributed by atoms with Crippen LogP contribution >= 0.6 is 11.8 Å². The molecule has 2 rings (SSSR count). The van der Waals surface area contributed by atoms with E-state index < -0.39 is 11.9 Å². The number of benzene rings is 1. The molecule has 2 unspecified atom stereocenters. The Labute approximate surface area is 111 Å². The number of rotatable bonds is 5. The van der Waals surface area contributed by atoms with Gasteiger partial charge in [0.15, 0.2) is 0 Å². The van der Waals surface area contributed by atoms with Gasteiger partial charge in [-0.2, -0.15) is 11.8 Å². The maximum absolute atomic E-state index is 11.2. The molecule has 98 valence electrons. The first-order chi connectivity index (χ1) is 8.72. The molecule has 5 heteroatoms. The molecule has 1 aromatic carbocycles. The van der Waals surface area contributed by atoms with E-state index in [1.165, 1.54) is 0 Å². The van der Waals surface area contributed by atoms with Crippen molar-refractivity contribution < 1.29 is 14.6 Å². The summed E-state index contributed by atoms with van der Waals surface area (Å²) in [4.78, 5) is 11.2. The summed E-state index contributed by atoms with van der Waals surface area (Å²) in [6.07, 6.45) is 1.20. The van der Waals surface area contributed by atoms with E-state index in [-0.39, 0.29) is 12.6 Å². The van der Waals surface area contributed by atoms with Crippen LogP contribution in [0.3, 0.4) is 0 Å². The molecule has 1 fully saturated rings. The molecule has 18 heavy (non-hydrogen) atoms. The van der Waals surface area contributed by atoms with Crippen molar-refractivity contribution in [3.8, 4) is 5.75 Å². The molecule has 3 N–H and O–H groups in total. The minimum absolute atomic E-state index is 0.0785. The normalized spacial score (nSPS) is 20.6. The fraction of sp³-hybridized carbons (Fsp3) is 0.462. The summed E-state index contributed by atoms with van der Waals surface area (Å²) in [5, 5.41) is 9.17. The summed E-state index contributed by atoms with van der Waals surface area (Å²) >= 11 is 1.86. The Morgan fingerprint density at radius 1 is 1.56 bits per heavy atom. The standard InChI is InChI=1S/C13H17NO3S/c14-7-11(13(15)16)10-3-1-2-4-12(10)17-9-5-6-18-8-9/h1-4,9,11H,5-8,14H2,(H,15,16). The molecule has 1 heterocycles. The second kappa shape index (κ2) is 6.11. The first-order valence-corrected chi connectivity index (χ1v) is 7.14. The molecular weight excluding hydrogens is 250 g/mol. The topological polar surface area (TPSA) is 72.6 Å². The van der Waals surface area contributed by atoms with Crippen LogP contribution in [0.25, 0.3) is 0 Å². The maximum atomic E-state index is 11.2. The van der Waals surface area contributed by atoms with Crippen LogP contribution in [0.15, 0.2) is 24.3 Å².